The number of amides is 1. The van der Waals surface area contributed by atoms with Crippen molar-refractivity contribution in [3.05, 3.63) is 48.0 Å². The summed E-state index contributed by atoms with van der Waals surface area (Å²) in [5.41, 5.74) is -0.721. The van der Waals surface area contributed by atoms with Crippen molar-refractivity contribution in [2.24, 2.45) is 23.7 Å². The van der Waals surface area contributed by atoms with Crippen LogP contribution in [-0.2, 0) is 14.3 Å². The van der Waals surface area contributed by atoms with Crippen molar-refractivity contribution in [3.63, 3.8) is 0 Å². The van der Waals surface area contributed by atoms with Crippen LogP contribution in [0.25, 0.3) is 10.8 Å². The molecule has 1 amide bonds. The second kappa shape index (κ2) is 8.35. The lowest BCUT2D eigenvalue weighted by molar-refractivity contribution is -0.252. The van der Waals surface area contributed by atoms with Crippen molar-refractivity contribution in [1.29, 1.82) is 0 Å². The fourth-order valence-electron chi connectivity index (χ4n) is 7.07. The molecule has 6 nitrogen and oxygen atoms in total. The van der Waals surface area contributed by atoms with Gasteiger partial charge in [0, 0.05) is 12.3 Å². The van der Waals surface area contributed by atoms with E-state index in [1.165, 1.54) is 0 Å². The number of aliphatic hydroxyl groups is 1. The maximum atomic E-state index is 13.5. The van der Waals surface area contributed by atoms with Gasteiger partial charge in [-0.3, -0.25) is 4.79 Å². The van der Waals surface area contributed by atoms with E-state index in [9.17, 15) is 14.7 Å². The summed E-state index contributed by atoms with van der Waals surface area (Å²) in [5.74, 6) is 0.0492. The number of hydrogen-bond donors (Lipinski definition) is 2. The molecular formula is C28H35NO5. The maximum absolute atomic E-state index is 13.5. The predicted octanol–water partition coefficient (Wildman–Crippen LogP) is 4.09. The highest BCUT2D eigenvalue weighted by atomic mass is 16.6. The summed E-state index contributed by atoms with van der Waals surface area (Å²) in [7, 11) is 0. The minimum absolute atomic E-state index is 0.0750. The number of fused-ring (bicyclic) bond motifs is 5. The molecule has 5 rings (SSSR count). The number of rotatable bonds is 5. The predicted molar refractivity (Wildman–Crippen MR) is 129 cm³/mol. The second-order valence-corrected chi connectivity index (χ2v) is 11.0. The summed E-state index contributed by atoms with van der Waals surface area (Å²) in [6.45, 7) is 7.99. The first-order valence-corrected chi connectivity index (χ1v) is 12.5. The van der Waals surface area contributed by atoms with E-state index < -0.39 is 29.8 Å². The molecule has 2 aromatic carbocycles. The molecule has 6 heteroatoms. The number of nitrogens with one attached hydrogen (secondary N) is 1. The first kappa shape index (κ1) is 23.3. The van der Waals surface area contributed by atoms with Gasteiger partial charge in [-0.2, -0.15) is 0 Å². The SMILES string of the molecule is CC(C)C12C[C@@H](NC(=O)CO)[C@@](C)(O1)[C@@H]1CC[C@@H](C)[C@H]1[C@@H]2OC(=O)c1ccc2ccccc2c1. The summed E-state index contributed by atoms with van der Waals surface area (Å²) in [4.78, 5) is 25.7. The Bertz CT molecular complexity index is 1110. The van der Waals surface area contributed by atoms with E-state index in [0.717, 1.165) is 23.6 Å². The van der Waals surface area contributed by atoms with Crippen molar-refractivity contribution >= 4 is 22.6 Å². The Morgan fingerprint density at radius 1 is 1.18 bits per heavy atom. The number of carbonyl (C=O) groups excluding carboxylic acids is 2. The second-order valence-electron chi connectivity index (χ2n) is 11.0. The summed E-state index contributed by atoms with van der Waals surface area (Å²) in [6, 6.07) is 13.4. The molecule has 1 saturated carbocycles. The van der Waals surface area contributed by atoms with E-state index in [0.29, 0.717) is 17.9 Å². The van der Waals surface area contributed by atoms with Crippen LogP contribution < -0.4 is 5.32 Å². The molecule has 7 atom stereocenters. The third-order valence-electron chi connectivity index (χ3n) is 8.92. The van der Waals surface area contributed by atoms with Crippen LogP contribution >= 0.6 is 0 Å². The normalized spacial score (nSPS) is 36.5. The summed E-state index contributed by atoms with van der Waals surface area (Å²) in [6.07, 6.45) is 2.15. The molecule has 2 heterocycles. The van der Waals surface area contributed by atoms with Gasteiger partial charge in [0.1, 0.15) is 18.3 Å². The fourth-order valence-corrected chi connectivity index (χ4v) is 7.07. The zero-order valence-electron chi connectivity index (χ0n) is 20.4. The molecule has 0 spiro atoms. The van der Waals surface area contributed by atoms with Gasteiger partial charge in [-0.25, -0.2) is 4.79 Å². The lowest BCUT2D eigenvalue weighted by Gasteiger charge is -2.53. The number of carbonyl (C=O) groups is 2. The van der Waals surface area contributed by atoms with Crippen LogP contribution in [0.15, 0.2) is 42.5 Å². The zero-order valence-corrected chi connectivity index (χ0v) is 20.4. The van der Waals surface area contributed by atoms with Crippen molar-refractivity contribution in [2.45, 2.75) is 70.3 Å². The summed E-state index contributed by atoms with van der Waals surface area (Å²) >= 11 is 0. The quantitative estimate of drug-likeness (QED) is 0.650. The van der Waals surface area contributed by atoms with Crippen LogP contribution in [0, 0.1) is 23.7 Å². The average Bonchev–Trinajstić information content (AvgIpc) is 3.34. The Balaban J connectivity index is 1.52. The van der Waals surface area contributed by atoms with Gasteiger partial charge in [0.2, 0.25) is 5.91 Å². The molecule has 1 aliphatic carbocycles. The Morgan fingerprint density at radius 2 is 1.91 bits per heavy atom. The minimum Gasteiger partial charge on any atom is -0.455 e. The van der Waals surface area contributed by atoms with Crippen molar-refractivity contribution < 1.29 is 24.2 Å². The first-order chi connectivity index (χ1) is 16.2. The smallest absolute Gasteiger partial charge is 0.338 e. The Morgan fingerprint density at radius 3 is 2.62 bits per heavy atom. The number of ether oxygens (including phenoxy) is 2. The molecule has 1 unspecified atom stereocenters. The van der Waals surface area contributed by atoms with Gasteiger partial charge in [-0.15, -0.1) is 0 Å². The van der Waals surface area contributed by atoms with Gasteiger partial charge in [0.05, 0.1) is 17.2 Å². The van der Waals surface area contributed by atoms with E-state index in [1.54, 1.807) is 0 Å². The topological polar surface area (TPSA) is 84.9 Å². The highest BCUT2D eigenvalue weighted by Gasteiger charge is 2.71. The van der Waals surface area contributed by atoms with Crippen molar-refractivity contribution in [3.8, 4) is 0 Å². The van der Waals surface area contributed by atoms with E-state index >= 15 is 0 Å². The molecule has 0 radical (unpaired) electrons. The van der Waals surface area contributed by atoms with Crippen molar-refractivity contribution in [1.82, 2.24) is 5.32 Å². The number of hydrogen-bond acceptors (Lipinski definition) is 5. The van der Waals surface area contributed by atoms with E-state index in [2.05, 4.69) is 33.0 Å². The standard InChI is InChI=1S/C28H35NO5/c1-16(2)28-14-22(29-23(31)15-30)27(4,34-28)21-12-9-17(3)24(21)25(28)33-26(32)20-11-10-18-7-5-6-8-19(18)13-20/h5-8,10-11,13,16-17,21-22,24-25,30H,9,12,14-15H2,1-4H3,(H,29,31)/t17-,21-,22-,24-,25+,27+,28?/m1/s1. The Labute approximate surface area is 201 Å². The third-order valence-corrected chi connectivity index (χ3v) is 8.92. The lowest BCUT2D eigenvalue weighted by atomic mass is 9.69. The molecule has 2 N–H and O–H groups in total. The molecule has 3 fully saturated rings. The maximum Gasteiger partial charge on any atom is 0.338 e. The highest BCUT2D eigenvalue weighted by Crippen LogP contribution is 2.62. The van der Waals surface area contributed by atoms with Crippen LogP contribution in [-0.4, -0.2) is 46.9 Å². The largest absolute Gasteiger partial charge is 0.455 e. The molecular weight excluding hydrogens is 430 g/mol. The average molecular weight is 466 g/mol. The summed E-state index contributed by atoms with van der Waals surface area (Å²) in [5, 5.41) is 14.5. The minimum atomic E-state index is -0.700. The van der Waals surface area contributed by atoms with Crippen LogP contribution in [0.1, 0.15) is 57.3 Å². The van der Waals surface area contributed by atoms with Crippen LogP contribution in [0.2, 0.25) is 0 Å². The Kier molecular flexibility index (Phi) is 5.72. The van der Waals surface area contributed by atoms with E-state index in [4.69, 9.17) is 9.47 Å². The van der Waals surface area contributed by atoms with Gasteiger partial charge in [0.15, 0.2) is 0 Å². The number of benzene rings is 2. The van der Waals surface area contributed by atoms with Gasteiger partial charge in [-0.05, 0) is 60.4 Å². The zero-order chi connectivity index (χ0) is 24.3. The van der Waals surface area contributed by atoms with Gasteiger partial charge >= 0.3 is 5.97 Å². The Hall–Kier alpha value is -2.44. The molecule has 2 bridgehead atoms. The molecule has 2 saturated heterocycles. The van der Waals surface area contributed by atoms with Crippen LogP contribution in [0.4, 0.5) is 0 Å². The van der Waals surface area contributed by atoms with E-state index in [1.807, 2.05) is 42.5 Å². The molecule has 3 aliphatic rings. The fraction of sp³-hybridized carbons (Fsp3) is 0.571. The first-order valence-electron chi connectivity index (χ1n) is 12.5. The lowest BCUT2D eigenvalue weighted by Crippen LogP contribution is -2.63. The molecule has 2 aromatic rings. The highest BCUT2D eigenvalue weighted by molar-refractivity contribution is 5.95. The van der Waals surface area contributed by atoms with Crippen LogP contribution in [0.5, 0.6) is 0 Å². The molecule has 182 valence electrons. The monoisotopic (exact) mass is 465 g/mol. The molecule has 2 aliphatic heterocycles. The summed E-state index contributed by atoms with van der Waals surface area (Å²) < 4.78 is 13.3. The van der Waals surface area contributed by atoms with Gasteiger partial charge in [0.25, 0.3) is 0 Å². The van der Waals surface area contributed by atoms with E-state index in [-0.39, 0.29) is 29.8 Å². The van der Waals surface area contributed by atoms with Crippen LogP contribution in [0.3, 0.4) is 0 Å². The number of esters is 1. The van der Waals surface area contributed by atoms with Crippen molar-refractivity contribution in [2.75, 3.05) is 6.61 Å². The molecule has 34 heavy (non-hydrogen) atoms. The van der Waals surface area contributed by atoms with Gasteiger partial charge in [-0.1, -0.05) is 51.1 Å². The van der Waals surface area contributed by atoms with Gasteiger partial charge < -0.3 is 19.9 Å². The third kappa shape index (κ3) is 3.45. The number of aliphatic hydroxyl groups excluding tert-OH is 1. The molecule has 0 aromatic heterocycles.